The van der Waals surface area contributed by atoms with Gasteiger partial charge in [-0.3, -0.25) is 9.69 Å². The van der Waals surface area contributed by atoms with Crippen LogP contribution in [-0.2, 0) is 4.79 Å². The first-order valence-electron chi connectivity index (χ1n) is 9.40. The fraction of sp³-hybridized carbons (Fsp3) is 0.476. The zero-order chi connectivity index (χ0) is 19.4. The Morgan fingerprint density at radius 2 is 1.89 bits per heavy atom. The van der Waals surface area contributed by atoms with Gasteiger partial charge in [0.05, 0.1) is 6.04 Å². The van der Waals surface area contributed by atoms with Crippen molar-refractivity contribution in [3.05, 3.63) is 51.9 Å². The van der Waals surface area contributed by atoms with Crippen molar-refractivity contribution in [2.45, 2.75) is 39.7 Å². The molecule has 1 aromatic heterocycles. The summed E-state index contributed by atoms with van der Waals surface area (Å²) in [5, 5.41) is 3.72. The Hall–Kier alpha value is -1.98. The molecule has 2 aromatic rings. The molecule has 0 aliphatic carbocycles. The van der Waals surface area contributed by atoms with Gasteiger partial charge in [-0.25, -0.2) is 0 Å². The molecule has 2 heterocycles. The van der Waals surface area contributed by atoms with E-state index >= 15 is 0 Å². The second-order valence-electron chi connectivity index (χ2n) is 7.17. The van der Waals surface area contributed by atoms with Crippen LogP contribution in [0.2, 0.25) is 5.02 Å². The lowest BCUT2D eigenvalue weighted by molar-refractivity contribution is -0.123. The molecule has 1 aromatic carbocycles. The number of likely N-dealkylation sites (tertiary alicyclic amines) is 1. The molecule has 1 saturated heterocycles. The van der Waals surface area contributed by atoms with Crippen molar-refractivity contribution in [2.75, 3.05) is 26.2 Å². The molecular formula is C21H27ClN2O3. The summed E-state index contributed by atoms with van der Waals surface area (Å²) in [6.45, 7) is 8.33. The summed E-state index contributed by atoms with van der Waals surface area (Å²) in [4.78, 5) is 14.7. The lowest BCUT2D eigenvalue weighted by Crippen LogP contribution is -2.38. The number of carbonyl (C=O) groups excluding carboxylic acids is 1. The molecule has 0 unspecified atom stereocenters. The number of nitrogens with one attached hydrogen (secondary N) is 1. The van der Waals surface area contributed by atoms with E-state index in [4.69, 9.17) is 20.8 Å². The van der Waals surface area contributed by atoms with E-state index in [2.05, 4.69) is 10.2 Å². The highest BCUT2D eigenvalue weighted by atomic mass is 35.5. The first-order valence-corrected chi connectivity index (χ1v) is 9.78. The first kappa shape index (κ1) is 19.8. The molecular weight excluding hydrogens is 364 g/mol. The third-order valence-corrected chi connectivity index (χ3v) is 5.54. The van der Waals surface area contributed by atoms with Crippen molar-refractivity contribution in [3.63, 3.8) is 0 Å². The maximum atomic E-state index is 12.3. The summed E-state index contributed by atoms with van der Waals surface area (Å²) in [7, 11) is 0. The first-order chi connectivity index (χ1) is 12.9. The Kier molecular flexibility index (Phi) is 6.45. The number of hydrogen-bond donors (Lipinski definition) is 1. The van der Waals surface area contributed by atoms with E-state index in [0.717, 1.165) is 40.8 Å². The standard InChI is InChI=1S/C21H27ClN2O3/c1-14-10-17(11-15(2)21(14)22)26-13-20(25)23-12-18(24-8-4-5-9-24)19-7-6-16(3)27-19/h6-7,10-11,18H,4-5,8-9,12-13H2,1-3H3,(H,23,25)/t18-/m0/s1. The van der Waals surface area contributed by atoms with Gasteiger partial charge in [-0.05, 0) is 82.1 Å². The van der Waals surface area contributed by atoms with E-state index in [1.807, 2.05) is 45.0 Å². The minimum Gasteiger partial charge on any atom is -0.484 e. The number of nitrogens with zero attached hydrogens (tertiary/aromatic N) is 1. The Morgan fingerprint density at radius 1 is 1.22 bits per heavy atom. The van der Waals surface area contributed by atoms with E-state index in [0.29, 0.717) is 12.3 Å². The van der Waals surface area contributed by atoms with Crippen molar-refractivity contribution in [1.29, 1.82) is 0 Å². The van der Waals surface area contributed by atoms with Crippen molar-refractivity contribution < 1.29 is 13.9 Å². The molecule has 0 spiro atoms. The van der Waals surface area contributed by atoms with Crippen LogP contribution in [0.25, 0.3) is 0 Å². The molecule has 0 bridgehead atoms. The topological polar surface area (TPSA) is 54.7 Å². The number of carbonyl (C=O) groups is 1. The van der Waals surface area contributed by atoms with Crippen LogP contribution in [0.5, 0.6) is 5.75 Å². The fourth-order valence-corrected chi connectivity index (χ4v) is 3.60. The normalized spacial score (nSPS) is 15.7. The molecule has 1 amide bonds. The molecule has 0 radical (unpaired) electrons. The Bertz CT molecular complexity index is 773. The summed E-state index contributed by atoms with van der Waals surface area (Å²) < 4.78 is 11.5. The third kappa shape index (κ3) is 5.05. The molecule has 3 rings (SSSR count). The molecule has 1 N–H and O–H groups in total. The van der Waals surface area contributed by atoms with Gasteiger partial charge in [0.15, 0.2) is 6.61 Å². The number of aryl methyl sites for hydroxylation is 3. The Labute approximate surface area is 165 Å². The smallest absolute Gasteiger partial charge is 0.258 e. The summed E-state index contributed by atoms with van der Waals surface area (Å²) in [6, 6.07) is 7.72. The van der Waals surface area contributed by atoms with Gasteiger partial charge in [0.1, 0.15) is 17.3 Å². The van der Waals surface area contributed by atoms with Crippen LogP contribution in [-0.4, -0.2) is 37.0 Å². The maximum absolute atomic E-state index is 12.3. The zero-order valence-electron chi connectivity index (χ0n) is 16.2. The van der Waals surface area contributed by atoms with Crippen LogP contribution in [0.15, 0.2) is 28.7 Å². The molecule has 6 heteroatoms. The number of rotatable bonds is 7. The van der Waals surface area contributed by atoms with Gasteiger partial charge in [0.2, 0.25) is 0 Å². The summed E-state index contributed by atoms with van der Waals surface area (Å²) in [5.74, 6) is 2.30. The number of amides is 1. The highest BCUT2D eigenvalue weighted by molar-refractivity contribution is 6.32. The molecule has 1 atom stereocenters. The van der Waals surface area contributed by atoms with Crippen molar-refractivity contribution >= 4 is 17.5 Å². The van der Waals surface area contributed by atoms with Gasteiger partial charge in [-0.1, -0.05) is 11.6 Å². The minimum absolute atomic E-state index is 0.0234. The van der Waals surface area contributed by atoms with Crippen LogP contribution < -0.4 is 10.1 Å². The summed E-state index contributed by atoms with van der Waals surface area (Å²) >= 11 is 6.17. The minimum atomic E-state index is -0.146. The molecule has 1 aliphatic rings. The van der Waals surface area contributed by atoms with Gasteiger partial charge in [0.25, 0.3) is 5.91 Å². The van der Waals surface area contributed by atoms with E-state index in [-0.39, 0.29) is 18.6 Å². The highest BCUT2D eigenvalue weighted by Gasteiger charge is 2.26. The largest absolute Gasteiger partial charge is 0.484 e. The highest BCUT2D eigenvalue weighted by Crippen LogP contribution is 2.27. The average Bonchev–Trinajstić information content (AvgIpc) is 3.30. The zero-order valence-corrected chi connectivity index (χ0v) is 16.9. The predicted octanol–water partition coefficient (Wildman–Crippen LogP) is 4.19. The quantitative estimate of drug-likeness (QED) is 0.770. The fourth-order valence-electron chi connectivity index (χ4n) is 3.50. The van der Waals surface area contributed by atoms with Gasteiger partial charge in [-0.2, -0.15) is 0 Å². The van der Waals surface area contributed by atoms with Crippen LogP contribution in [0.4, 0.5) is 0 Å². The SMILES string of the molecule is Cc1ccc([C@H](CNC(=O)COc2cc(C)c(Cl)c(C)c2)N2CCCC2)o1. The monoisotopic (exact) mass is 390 g/mol. The average molecular weight is 391 g/mol. The number of benzene rings is 1. The van der Waals surface area contributed by atoms with Gasteiger partial charge >= 0.3 is 0 Å². The third-order valence-electron chi connectivity index (χ3n) is 4.94. The molecule has 27 heavy (non-hydrogen) atoms. The van der Waals surface area contributed by atoms with Crippen LogP contribution in [0.1, 0.15) is 41.5 Å². The molecule has 1 aliphatic heterocycles. The number of halogens is 1. The van der Waals surface area contributed by atoms with E-state index in [1.54, 1.807) is 0 Å². The van der Waals surface area contributed by atoms with Crippen LogP contribution in [0.3, 0.4) is 0 Å². The van der Waals surface area contributed by atoms with Gasteiger partial charge in [-0.15, -0.1) is 0 Å². The molecule has 146 valence electrons. The summed E-state index contributed by atoms with van der Waals surface area (Å²) in [6.07, 6.45) is 2.37. The Morgan fingerprint density at radius 3 is 2.48 bits per heavy atom. The van der Waals surface area contributed by atoms with Crippen molar-refractivity contribution in [3.8, 4) is 5.75 Å². The van der Waals surface area contributed by atoms with E-state index in [9.17, 15) is 4.79 Å². The van der Waals surface area contributed by atoms with Crippen molar-refractivity contribution in [2.24, 2.45) is 0 Å². The predicted molar refractivity (Wildman–Crippen MR) is 106 cm³/mol. The molecule has 5 nitrogen and oxygen atoms in total. The van der Waals surface area contributed by atoms with E-state index in [1.165, 1.54) is 12.8 Å². The van der Waals surface area contributed by atoms with Gasteiger partial charge in [0, 0.05) is 11.6 Å². The van der Waals surface area contributed by atoms with Crippen LogP contribution >= 0.6 is 11.6 Å². The van der Waals surface area contributed by atoms with Gasteiger partial charge < -0.3 is 14.5 Å². The van der Waals surface area contributed by atoms with E-state index < -0.39 is 0 Å². The lowest BCUT2D eigenvalue weighted by atomic mass is 10.1. The maximum Gasteiger partial charge on any atom is 0.258 e. The molecule has 1 fully saturated rings. The van der Waals surface area contributed by atoms with Crippen LogP contribution in [0, 0.1) is 20.8 Å². The summed E-state index contributed by atoms with van der Waals surface area (Å²) in [5.41, 5.74) is 1.88. The number of ether oxygens (including phenoxy) is 1. The number of hydrogen-bond acceptors (Lipinski definition) is 4. The molecule has 0 saturated carbocycles. The Balaban J connectivity index is 1.56. The lowest BCUT2D eigenvalue weighted by Gasteiger charge is -2.26. The number of furan rings is 1. The van der Waals surface area contributed by atoms with Crippen molar-refractivity contribution in [1.82, 2.24) is 10.2 Å². The second kappa shape index (κ2) is 8.81. The second-order valence-corrected chi connectivity index (χ2v) is 7.55.